The molecule has 0 saturated carbocycles. The van der Waals surface area contributed by atoms with Gasteiger partial charge in [0, 0.05) is 5.56 Å². The maximum absolute atomic E-state index is 13.7. The second-order valence-corrected chi connectivity index (χ2v) is 3.70. The summed E-state index contributed by atoms with van der Waals surface area (Å²) in [5, 5.41) is 9.48. The summed E-state index contributed by atoms with van der Waals surface area (Å²) in [4.78, 5) is 11.0. The lowest BCUT2D eigenvalue weighted by molar-refractivity contribution is -0.150. The van der Waals surface area contributed by atoms with Crippen molar-refractivity contribution in [2.75, 3.05) is 14.2 Å². The fourth-order valence-electron chi connectivity index (χ4n) is 1.15. The predicted molar refractivity (Wildman–Crippen MR) is 57.6 cm³/mol. The van der Waals surface area contributed by atoms with Crippen LogP contribution in [0, 0.1) is 5.82 Å². The Morgan fingerprint density at radius 3 is 2.62 bits per heavy atom. The summed E-state index contributed by atoms with van der Waals surface area (Å²) >= 11 is 2.97. The van der Waals surface area contributed by atoms with Gasteiger partial charge in [-0.05, 0) is 28.1 Å². The van der Waals surface area contributed by atoms with E-state index < -0.39 is 17.9 Å². The first-order valence-electron chi connectivity index (χ1n) is 4.30. The molecule has 0 aliphatic rings. The van der Waals surface area contributed by atoms with E-state index in [1.807, 2.05) is 0 Å². The molecule has 0 aromatic heterocycles. The second-order valence-electron chi connectivity index (χ2n) is 2.91. The number of methoxy groups -OCH3 is 2. The molecule has 0 spiro atoms. The van der Waals surface area contributed by atoms with Crippen LogP contribution in [0.2, 0.25) is 0 Å². The number of halogens is 2. The minimum absolute atomic E-state index is 0.0513. The van der Waals surface area contributed by atoms with E-state index >= 15 is 0 Å². The SMILES string of the molecule is COC(=O)C(O)c1ccc(OC)c(Br)c1F. The highest BCUT2D eigenvalue weighted by atomic mass is 79.9. The average Bonchev–Trinajstić information content (AvgIpc) is 2.30. The highest BCUT2D eigenvalue weighted by Crippen LogP contribution is 2.32. The van der Waals surface area contributed by atoms with Crippen molar-refractivity contribution in [3.05, 3.63) is 28.0 Å². The van der Waals surface area contributed by atoms with Crippen molar-refractivity contribution in [1.29, 1.82) is 0 Å². The monoisotopic (exact) mass is 292 g/mol. The van der Waals surface area contributed by atoms with Crippen molar-refractivity contribution in [2.24, 2.45) is 0 Å². The third-order valence-electron chi connectivity index (χ3n) is 2.02. The maximum Gasteiger partial charge on any atom is 0.339 e. The van der Waals surface area contributed by atoms with E-state index in [-0.39, 0.29) is 15.8 Å². The van der Waals surface area contributed by atoms with E-state index in [0.29, 0.717) is 0 Å². The van der Waals surface area contributed by atoms with E-state index in [9.17, 15) is 14.3 Å². The molecule has 0 fully saturated rings. The van der Waals surface area contributed by atoms with Gasteiger partial charge < -0.3 is 14.6 Å². The average molecular weight is 293 g/mol. The first kappa shape index (κ1) is 12.9. The van der Waals surface area contributed by atoms with Gasteiger partial charge >= 0.3 is 5.97 Å². The minimum atomic E-state index is -1.65. The van der Waals surface area contributed by atoms with Crippen LogP contribution in [0.25, 0.3) is 0 Å². The Morgan fingerprint density at radius 1 is 1.50 bits per heavy atom. The smallest absolute Gasteiger partial charge is 0.339 e. The number of hydrogen-bond donors (Lipinski definition) is 1. The summed E-state index contributed by atoms with van der Waals surface area (Å²) in [6, 6.07) is 2.70. The molecule has 4 nitrogen and oxygen atoms in total. The molecular weight excluding hydrogens is 283 g/mol. The van der Waals surface area contributed by atoms with Crippen molar-refractivity contribution >= 4 is 21.9 Å². The van der Waals surface area contributed by atoms with Crippen LogP contribution in [0.1, 0.15) is 11.7 Å². The number of rotatable bonds is 3. The molecule has 1 atom stereocenters. The lowest BCUT2D eigenvalue weighted by Gasteiger charge is -2.12. The Labute approximate surface area is 100 Å². The molecule has 1 unspecified atom stereocenters. The maximum atomic E-state index is 13.7. The molecular formula is C10H10BrFO4. The third-order valence-corrected chi connectivity index (χ3v) is 2.75. The second kappa shape index (κ2) is 5.27. The Balaban J connectivity index is 3.17. The molecule has 0 amide bonds. The van der Waals surface area contributed by atoms with Crippen LogP contribution in [0.3, 0.4) is 0 Å². The number of benzene rings is 1. The number of ether oxygens (including phenoxy) is 2. The molecule has 0 radical (unpaired) electrons. The zero-order valence-corrected chi connectivity index (χ0v) is 10.2. The van der Waals surface area contributed by atoms with Crippen LogP contribution in [0.5, 0.6) is 5.75 Å². The topological polar surface area (TPSA) is 55.8 Å². The first-order valence-corrected chi connectivity index (χ1v) is 5.10. The Kier molecular flexibility index (Phi) is 4.26. The number of carbonyl (C=O) groups is 1. The zero-order valence-electron chi connectivity index (χ0n) is 8.66. The van der Waals surface area contributed by atoms with Gasteiger partial charge in [0.1, 0.15) is 11.6 Å². The van der Waals surface area contributed by atoms with Crippen LogP contribution in [-0.2, 0) is 9.53 Å². The Morgan fingerprint density at radius 2 is 2.12 bits per heavy atom. The van der Waals surface area contributed by atoms with Gasteiger partial charge in [-0.2, -0.15) is 0 Å². The van der Waals surface area contributed by atoms with Crippen molar-refractivity contribution in [3.8, 4) is 5.75 Å². The molecule has 0 heterocycles. The largest absolute Gasteiger partial charge is 0.495 e. The van der Waals surface area contributed by atoms with Gasteiger partial charge in [0.25, 0.3) is 0 Å². The number of hydrogen-bond acceptors (Lipinski definition) is 4. The molecule has 0 aliphatic heterocycles. The summed E-state index contributed by atoms with van der Waals surface area (Å²) in [6.45, 7) is 0. The van der Waals surface area contributed by atoms with Gasteiger partial charge in [0.15, 0.2) is 6.10 Å². The highest BCUT2D eigenvalue weighted by Gasteiger charge is 2.24. The molecule has 6 heteroatoms. The summed E-state index contributed by atoms with van der Waals surface area (Å²) in [7, 11) is 2.50. The Hall–Kier alpha value is -1.14. The Bertz CT molecular complexity index is 408. The van der Waals surface area contributed by atoms with Gasteiger partial charge in [-0.1, -0.05) is 0 Å². The van der Waals surface area contributed by atoms with Gasteiger partial charge in [0.05, 0.1) is 18.7 Å². The lowest BCUT2D eigenvalue weighted by atomic mass is 10.1. The molecule has 1 N–H and O–H groups in total. The predicted octanol–water partition coefficient (Wildman–Crippen LogP) is 1.80. The van der Waals surface area contributed by atoms with Crippen molar-refractivity contribution in [1.82, 2.24) is 0 Å². The summed E-state index contributed by atoms with van der Waals surface area (Å²) in [5.41, 5.74) is -0.167. The fraction of sp³-hybridized carbons (Fsp3) is 0.300. The number of esters is 1. The number of carbonyl (C=O) groups excluding carboxylic acids is 1. The quantitative estimate of drug-likeness (QED) is 0.863. The van der Waals surface area contributed by atoms with Crippen LogP contribution in [0.15, 0.2) is 16.6 Å². The molecule has 16 heavy (non-hydrogen) atoms. The summed E-state index contributed by atoms with van der Waals surface area (Å²) in [6.07, 6.45) is -1.65. The summed E-state index contributed by atoms with van der Waals surface area (Å²) < 4.78 is 22.9. The van der Waals surface area contributed by atoms with Gasteiger partial charge in [0.2, 0.25) is 0 Å². The number of aliphatic hydroxyl groups is 1. The molecule has 1 aromatic rings. The normalized spacial score (nSPS) is 12.1. The standard InChI is InChI=1S/C10H10BrFO4/c1-15-6-4-3-5(8(12)7(6)11)9(13)10(14)16-2/h3-4,9,13H,1-2H3. The summed E-state index contributed by atoms with van der Waals surface area (Å²) in [5.74, 6) is -1.40. The lowest BCUT2D eigenvalue weighted by Crippen LogP contribution is -2.15. The van der Waals surface area contributed by atoms with E-state index in [1.165, 1.54) is 19.2 Å². The molecule has 1 rings (SSSR count). The number of aliphatic hydroxyl groups excluding tert-OH is 1. The first-order chi connectivity index (χ1) is 7.52. The molecule has 0 saturated heterocycles. The van der Waals surface area contributed by atoms with Gasteiger partial charge in [-0.3, -0.25) is 0 Å². The van der Waals surface area contributed by atoms with E-state index in [4.69, 9.17) is 4.74 Å². The van der Waals surface area contributed by atoms with Crippen LogP contribution >= 0.6 is 15.9 Å². The van der Waals surface area contributed by atoms with Gasteiger partial charge in [-0.25, -0.2) is 9.18 Å². The minimum Gasteiger partial charge on any atom is -0.495 e. The fourth-order valence-corrected chi connectivity index (χ4v) is 1.68. The van der Waals surface area contributed by atoms with Crippen LogP contribution < -0.4 is 4.74 Å². The zero-order chi connectivity index (χ0) is 12.3. The highest BCUT2D eigenvalue weighted by molar-refractivity contribution is 9.10. The molecule has 0 aliphatic carbocycles. The van der Waals surface area contributed by atoms with Crippen LogP contribution in [0.4, 0.5) is 4.39 Å². The van der Waals surface area contributed by atoms with E-state index in [2.05, 4.69) is 20.7 Å². The molecule has 1 aromatic carbocycles. The van der Waals surface area contributed by atoms with Crippen molar-refractivity contribution in [3.63, 3.8) is 0 Å². The van der Waals surface area contributed by atoms with Crippen molar-refractivity contribution < 1.29 is 23.8 Å². The molecule has 88 valence electrons. The van der Waals surface area contributed by atoms with E-state index in [0.717, 1.165) is 7.11 Å². The third kappa shape index (κ3) is 2.33. The van der Waals surface area contributed by atoms with E-state index in [1.54, 1.807) is 0 Å². The van der Waals surface area contributed by atoms with Gasteiger partial charge in [-0.15, -0.1) is 0 Å². The molecule has 0 bridgehead atoms. The van der Waals surface area contributed by atoms with Crippen LogP contribution in [-0.4, -0.2) is 25.3 Å². The van der Waals surface area contributed by atoms with Crippen molar-refractivity contribution in [2.45, 2.75) is 6.10 Å².